The van der Waals surface area contributed by atoms with Gasteiger partial charge in [0.25, 0.3) is 0 Å². The molecule has 1 aromatic carbocycles. The molecule has 2 rings (SSSR count). The lowest BCUT2D eigenvalue weighted by atomic mass is 10.3. The normalized spacial score (nSPS) is 10.5. The summed E-state index contributed by atoms with van der Waals surface area (Å²) in [4.78, 5) is 12.8. The SMILES string of the molecule is CSc1nc(Nc2cc(Cl)cc(Cl)c2)nc(SC)n1. The Morgan fingerprint density at radius 1 is 0.895 bits per heavy atom. The van der Waals surface area contributed by atoms with Gasteiger partial charge in [0.1, 0.15) is 0 Å². The molecule has 19 heavy (non-hydrogen) atoms. The van der Waals surface area contributed by atoms with Crippen LogP contribution in [0.2, 0.25) is 10.0 Å². The first-order chi connectivity index (χ1) is 9.10. The molecule has 0 atom stereocenters. The number of hydrogen-bond acceptors (Lipinski definition) is 6. The van der Waals surface area contributed by atoms with Crippen LogP contribution in [-0.2, 0) is 0 Å². The maximum absolute atomic E-state index is 5.95. The largest absolute Gasteiger partial charge is 0.324 e. The van der Waals surface area contributed by atoms with E-state index in [2.05, 4.69) is 20.3 Å². The molecule has 0 saturated heterocycles. The van der Waals surface area contributed by atoms with E-state index < -0.39 is 0 Å². The maximum Gasteiger partial charge on any atom is 0.232 e. The number of rotatable bonds is 4. The van der Waals surface area contributed by atoms with Gasteiger partial charge in [0.2, 0.25) is 5.95 Å². The Kier molecular flexibility index (Phi) is 5.15. The molecule has 0 amide bonds. The first kappa shape index (κ1) is 14.7. The van der Waals surface area contributed by atoms with Gasteiger partial charge in [-0.3, -0.25) is 0 Å². The Morgan fingerprint density at radius 3 is 1.89 bits per heavy atom. The van der Waals surface area contributed by atoms with Crippen LogP contribution in [0, 0.1) is 0 Å². The Morgan fingerprint density at radius 2 is 1.42 bits per heavy atom. The monoisotopic (exact) mass is 332 g/mol. The third-order valence-electron chi connectivity index (χ3n) is 2.08. The van der Waals surface area contributed by atoms with Crippen LogP contribution in [0.3, 0.4) is 0 Å². The molecular formula is C11H10Cl2N4S2. The molecule has 8 heteroatoms. The molecule has 1 N–H and O–H groups in total. The number of halogens is 2. The van der Waals surface area contributed by atoms with E-state index in [0.717, 1.165) is 5.69 Å². The second kappa shape index (κ2) is 6.65. The third kappa shape index (κ3) is 4.14. The highest BCUT2D eigenvalue weighted by Gasteiger charge is 2.06. The number of benzene rings is 1. The number of thioether (sulfide) groups is 2. The fraction of sp³-hybridized carbons (Fsp3) is 0.182. The summed E-state index contributed by atoms with van der Waals surface area (Å²) in [6.45, 7) is 0. The molecule has 0 saturated carbocycles. The van der Waals surface area contributed by atoms with Crippen LogP contribution in [0.4, 0.5) is 11.6 Å². The Labute approximate surface area is 129 Å². The lowest BCUT2D eigenvalue weighted by Gasteiger charge is -2.07. The molecule has 1 heterocycles. The fourth-order valence-corrected chi connectivity index (χ4v) is 2.63. The van der Waals surface area contributed by atoms with Crippen LogP contribution in [0.25, 0.3) is 0 Å². The molecular weight excluding hydrogens is 323 g/mol. The zero-order chi connectivity index (χ0) is 13.8. The minimum Gasteiger partial charge on any atom is -0.324 e. The van der Waals surface area contributed by atoms with Gasteiger partial charge in [-0.05, 0) is 30.7 Å². The second-order valence-corrected chi connectivity index (χ2v) is 5.84. The van der Waals surface area contributed by atoms with E-state index in [1.807, 2.05) is 12.5 Å². The molecule has 1 aromatic heterocycles. The van der Waals surface area contributed by atoms with E-state index in [9.17, 15) is 0 Å². The van der Waals surface area contributed by atoms with Gasteiger partial charge in [-0.15, -0.1) is 0 Å². The van der Waals surface area contributed by atoms with Crippen molar-refractivity contribution in [3.05, 3.63) is 28.2 Å². The van der Waals surface area contributed by atoms with Crippen LogP contribution in [0.1, 0.15) is 0 Å². The lowest BCUT2D eigenvalue weighted by Crippen LogP contribution is -2.01. The predicted octanol–water partition coefficient (Wildman–Crippen LogP) is 4.37. The summed E-state index contributed by atoms with van der Waals surface area (Å²) >= 11 is 14.8. The molecule has 2 aromatic rings. The molecule has 0 radical (unpaired) electrons. The van der Waals surface area contributed by atoms with Gasteiger partial charge < -0.3 is 5.32 Å². The summed E-state index contributed by atoms with van der Waals surface area (Å²) in [5.41, 5.74) is 0.739. The van der Waals surface area contributed by atoms with Gasteiger partial charge in [-0.25, -0.2) is 0 Å². The van der Waals surface area contributed by atoms with Crippen LogP contribution >= 0.6 is 46.7 Å². The first-order valence-corrected chi connectivity index (χ1v) is 8.38. The first-order valence-electron chi connectivity index (χ1n) is 5.18. The Balaban J connectivity index is 2.31. The smallest absolute Gasteiger partial charge is 0.232 e. The predicted molar refractivity (Wildman–Crippen MR) is 83.1 cm³/mol. The van der Waals surface area contributed by atoms with E-state index in [1.54, 1.807) is 18.2 Å². The number of anilines is 2. The molecule has 100 valence electrons. The van der Waals surface area contributed by atoms with Crippen molar-refractivity contribution in [1.82, 2.24) is 15.0 Å². The molecule has 0 aliphatic carbocycles. The summed E-state index contributed by atoms with van der Waals surface area (Å²) in [5, 5.41) is 5.51. The lowest BCUT2D eigenvalue weighted by molar-refractivity contribution is 0.813. The van der Waals surface area contributed by atoms with E-state index in [1.165, 1.54) is 23.5 Å². The number of hydrogen-bond donors (Lipinski definition) is 1. The van der Waals surface area contributed by atoms with Crippen molar-refractivity contribution in [3.8, 4) is 0 Å². The van der Waals surface area contributed by atoms with Gasteiger partial charge in [0, 0.05) is 15.7 Å². The highest BCUT2D eigenvalue weighted by molar-refractivity contribution is 7.99. The van der Waals surface area contributed by atoms with Gasteiger partial charge >= 0.3 is 0 Å². The Bertz CT molecular complexity index is 552. The minimum atomic E-state index is 0.474. The summed E-state index contributed by atoms with van der Waals surface area (Å²) < 4.78 is 0. The maximum atomic E-state index is 5.95. The van der Waals surface area contributed by atoms with Crippen molar-refractivity contribution in [1.29, 1.82) is 0 Å². The third-order valence-corrected chi connectivity index (χ3v) is 3.61. The van der Waals surface area contributed by atoms with Crippen LogP contribution in [0.15, 0.2) is 28.5 Å². The quantitative estimate of drug-likeness (QED) is 0.839. The van der Waals surface area contributed by atoms with Gasteiger partial charge in [0.05, 0.1) is 0 Å². The van der Waals surface area contributed by atoms with Crippen molar-refractivity contribution in [2.75, 3.05) is 17.8 Å². The van der Waals surface area contributed by atoms with Gasteiger partial charge in [-0.2, -0.15) is 15.0 Å². The summed E-state index contributed by atoms with van der Waals surface area (Å²) in [6, 6.07) is 5.19. The zero-order valence-corrected chi connectivity index (χ0v) is 13.3. The zero-order valence-electron chi connectivity index (χ0n) is 10.1. The molecule has 0 aliphatic rings. The molecule has 0 bridgehead atoms. The number of aromatic nitrogens is 3. The summed E-state index contributed by atoms with van der Waals surface area (Å²) in [7, 11) is 0. The van der Waals surface area contributed by atoms with E-state index >= 15 is 0 Å². The van der Waals surface area contributed by atoms with Crippen LogP contribution < -0.4 is 5.32 Å². The average Bonchev–Trinajstić information content (AvgIpc) is 2.37. The summed E-state index contributed by atoms with van der Waals surface area (Å²) in [5.74, 6) is 0.474. The topological polar surface area (TPSA) is 50.7 Å². The van der Waals surface area contributed by atoms with Crippen molar-refractivity contribution in [3.63, 3.8) is 0 Å². The van der Waals surface area contributed by atoms with E-state index in [0.29, 0.717) is 26.3 Å². The van der Waals surface area contributed by atoms with E-state index in [4.69, 9.17) is 23.2 Å². The summed E-state index contributed by atoms with van der Waals surface area (Å²) in [6.07, 6.45) is 3.83. The second-order valence-electron chi connectivity index (χ2n) is 3.42. The molecule has 0 fully saturated rings. The number of nitrogens with zero attached hydrogens (tertiary/aromatic N) is 3. The van der Waals surface area contributed by atoms with Gasteiger partial charge in [0.15, 0.2) is 10.3 Å². The van der Waals surface area contributed by atoms with Crippen LogP contribution in [0.5, 0.6) is 0 Å². The van der Waals surface area contributed by atoms with Gasteiger partial charge in [-0.1, -0.05) is 46.7 Å². The fourth-order valence-electron chi connectivity index (χ4n) is 1.33. The van der Waals surface area contributed by atoms with Crippen LogP contribution in [-0.4, -0.2) is 27.5 Å². The van der Waals surface area contributed by atoms with E-state index in [-0.39, 0.29) is 0 Å². The number of nitrogens with one attached hydrogen (secondary N) is 1. The van der Waals surface area contributed by atoms with Crippen molar-refractivity contribution >= 4 is 58.4 Å². The Hall–Kier alpha value is -0.690. The van der Waals surface area contributed by atoms with Crippen molar-refractivity contribution in [2.24, 2.45) is 0 Å². The standard InChI is InChI=1S/C11H10Cl2N4S2/c1-18-10-15-9(16-11(17-10)19-2)14-8-4-6(12)3-7(13)5-8/h3-5H,1-2H3,(H,14,15,16,17). The van der Waals surface area contributed by atoms with Crippen molar-refractivity contribution < 1.29 is 0 Å². The average molecular weight is 333 g/mol. The minimum absolute atomic E-state index is 0.474. The molecule has 4 nitrogen and oxygen atoms in total. The highest BCUT2D eigenvalue weighted by Crippen LogP contribution is 2.25. The molecule has 0 aliphatic heterocycles. The molecule has 0 unspecified atom stereocenters. The van der Waals surface area contributed by atoms with Crippen molar-refractivity contribution in [2.45, 2.75) is 10.3 Å². The highest BCUT2D eigenvalue weighted by atomic mass is 35.5. The molecule has 0 spiro atoms.